The molecule has 2 aromatic rings. The largest absolute Gasteiger partial charge is 0.322 e. The molecular formula is C18H22N2O3S. The van der Waals surface area contributed by atoms with Crippen LogP contribution < -0.4 is 5.32 Å². The number of nitrogens with one attached hydrogen (secondary N) is 1. The summed E-state index contributed by atoms with van der Waals surface area (Å²) in [6, 6.07) is 15.1. The minimum Gasteiger partial charge on any atom is -0.322 e. The van der Waals surface area contributed by atoms with Crippen molar-refractivity contribution in [3.63, 3.8) is 0 Å². The van der Waals surface area contributed by atoms with Gasteiger partial charge in [-0.25, -0.2) is 12.7 Å². The van der Waals surface area contributed by atoms with Gasteiger partial charge in [-0.15, -0.1) is 0 Å². The molecule has 0 radical (unpaired) electrons. The zero-order chi connectivity index (χ0) is 17.6. The van der Waals surface area contributed by atoms with E-state index in [0.29, 0.717) is 17.8 Å². The molecule has 128 valence electrons. The Morgan fingerprint density at radius 2 is 1.67 bits per heavy atom. The molecule has 0 saturated heterocycles. The molecular weight excluding hydrogens is 324 g/mol. The summed E-state index contributed by atoms with van der Waals surface area (Å²) >= 11 is 0. The predicted octanol–water partition coefficient (Wildman–Crippen LogP) is 3.36. The van der Waals surface area contributed by atoms with Crippen molar-refractivity contribution in [3.05, 3.63) is 60.2 Å². The number of carbonyl (C=O) groups is 1. The number of carbonyl (C=O) groups excluding carboxylic acids is 1. The van der Waals surface area contributed by atoms with E-state index in [1.54, 1.807) is 19.2 Å². The maximum absolute atomic E-state index is 12.4. The molecule has 0 aliphatic carbocycles. The molecule has 5 nitrogen and oxygen atoms in total. The van der Waals surface area contributed by atoms with Crippen molar-refractivity contribution >= 4 is 21.6 Å². The Balaban J connectivity index is 2.11. The molecule has 0 saturated carbocycles. The first-order chi connectivity index (χ1) is 11.4. The van der Waals surface area contributed by atoms with Crippen LogP contribution in [-0.2, 0) is 10.0 Å². The second-order valence-corrected chi connectivity index (χ2v) is 7.57. The fourth-order valence-corrected chi connectivity index (χ4v) is 3.39. The van der Waals surface area contributed by atoms with Gasteiger partial charge in [0, 0.05) is 24.8 Å². The Bertz CT molecular complexity index is 772. The van der Waals surface area contributed by atoms with Gasteiger partial charge in [-0.2, -0.15) is 0 Å². The molecule has 1 amide bonds. The number of sulfonamides is 1. The second kappa shape index (κ2) is 8.08. The molecule has 2 rings (SSSR count). The summed E-state index contributed by atoms with van der Waals surface area (Å²) in [5.41, 5.74) is 1.10. The van der Waals surface area contributed by atoms with Crippen molar-refractivity contribution in [2.24, 2.45) is 0 Å². The van der Waals surface area contributed by atoms with Crippen LogP contribution in [0.4, 0.5) is 5.69 Å². The van der Waals surface area contributed by atoms with Gasteiger partial charge in [-0.3, -0.25) is 4.79 Å². The first-order valence-corrected chi connectivity index (χ1v) is 9.32. The number of rotatable bonds is 7. The minimum atomic E-state index is -3.51. The van der Waals surface area contributed by atoms with Gasteiger partial charge < -0.3 is 5.32 Å². The maximum Gasteiger partial charge on any atom is 0.255 e. The summed E-state index contributed by atoms with van der Waals surface area (Å²) in [5.74, 6) is -0.274. The number of unbranched alkanes of at least 4 members (excludes halogenated alkanes) is 1. The average Bonchev–Trinajstić information content (AvgIpc) is 2.60. The van der Waals surface area contributed by atoms with Crippen molar-refractivity contribution in [2.45, 2.75) is 24.7 Å². The van der Waals surface area contributed by atoms with Gasteiger partial charge in [-0.1, -0.05) is 31.5 Å². The van der Waals surface area contributed by atoms with Crippen LogP contribution in [0.5, 0.6) is 0 Å². The lowest BCUT2D eigenvalue weighted by molar-refractivity contribution is 0.102. The third kappa shape index (κ3) is 4.43. The van der Waals surface area contributed by atoms with E-state index < -0.39 is 10.0 Å². The highest BCUT2D eigenvalue weighted by Gasteiger charge is 2.20. The zero-order valence-corrected chi connectivity index (χ0v) is 14.7. The van der Waals surface area contributed by atoms with E-state index in [9.17, 15) is 13.2 Å². The molecule has 0 aliphatic heterocycles. The molecule has 6 heteroatoms. The molecule has 0 bridgehead atoms. The maximum atomic E-state index is 12.4. The molecule has 0 spiro atoms. The second-order valence-electron chi connectivity index (χ2n) is 5.52. The number of nitrogens with zero attached hydrogens (tertiary/aromatic N) is 1. The molecule has 0 aliphatic rings. The van der Waals surface area contributed by atoms with Crippen LogP contribution in [0.3, 0.4) is 0 Å². The van der Waals surface area contributed by atoms with Gasteiger partial charge in [0.25, 0.3) is 5.91 Å². The summed E-state index contributed by atoms with van der Waals surface area (Å²) in [6.45, 7) is 2.50. The molecule has 0 aromatic heterocycles. The smallest absolute Gasteiger partial charge is 0.255 e. The van der Waals surface area contributed by atoms with Gasteiger partial charge in [0.15, 0.2) is 0 Å². The topological polar surface area (TPSA) is 66.5 Å². The van der Waals surface area contributed by atoms with Gasteiger partial charge in [0.1, 0.15) is 0 Å². The normalized spacial score (nSPS) is 11.5. The molecule has 1 N–H and O–H groups in total. The lowest BCUT2D eigenvalue weighted by Gasteiger charge is -2.17. The van der Waals surface area contributed by atoms with Crippen LogP contribution in [0.2, 0.25) is 0 Å². The number of anilines is 1. The van der Waals surface area contributed by atoms with E-state index in [1.807, 2.05) is 25.1 Å². The Morgan fingerprint density at radius 3 is 2.25 bits per heavy atom. The van der Waals surface area contributed by atoms with E-state index in [2.05, 4.69) is 5.32 Å². The monoisotopic (exact) mass is 346 g/mol. The third-order valence-electron chi connectivity index (χ3n) is 3.68. The zero-order valence-electron chi connectivity index (χ0n) is 13.9. The van der Waals surface area contributed by atoms with Crippen molar-refractivity contribution in [1.82, 2.24) is 4.31 Å². The average molecular weight is 346 g/mol. The molecule has 0 atom stereocenters. The van der Waals surface area contributed by atoms with E-state index >= 15 is 0 Å². The highest BCUT2D eigenvalue weighted by atomic mass is 32.2. The van der Waals surface area contributed by atoms with Crippen molar-refractivity contribution < 1.29 is 13.2 Å². The van der Waals surface area contributed by atoms with Crippen molar-refractivity contribution in [2.75, 3.05) is 18.9 Å². The molecule has 24 heavy (non-hydrogen) atoms. The Hall–Kier alpha value is -2.18. The number of hydrogen-bond acceptors (Lipinski definition) is 3. The third-order valence-corrected chi connectivity index (χ3v) is 5.55. The number of amides is 1. The van der Waals surface area contributed by atoms with Crippen LogP contribution in [0.1, 0.15) is 30.1 Å². The van der Waals surface area contributed by atoms with Crippen molar-refractivity contribution in [1.29, 1.82) is 0 Å². The molecule has 0 fully saturated rings. The fraction of sp³-hybridized carbons (Fsp3) is 0.278. The van der Waals surface area contributed by atoms with Gasteiger partial charge in [0.2, 0.25) is 10.0 Å². The first-order valence-electron chi connectivity index (χ1n) is 7.88. The van der Waals surface area contributed by atoms with Crippen molar-refractivity contribution in [3.8, 4) is 0 Å². The fourth-order valence-electron chi connectivity index (χ4n) is 2.18. The molecule has 0 unspecified atom stereocenters. The number of hydrogen-bond donors (Lipinski definition) is 1. The quantitative estimate of drug-likeness (QED) is 0.836. The number of para-hydroxylation sites is 1. The van der Waals surface area contributed by atoms with E-state index in [1.165, 1.54) is 28.6 Å². The number of benzene rings is 2. The van der Waals surface area contributed by atoms with E-state index in [0.717, 1.165) is 12.8 Å². The Kier molecular flexibility index (Phi) is 6.11. The Morgan fingerprint density at radius 1 is 1.04 bits per heavy atom. The summed E-state index contributed by atoms with van der Waals surface area (Å²) in [4.78, 5) is 12.4. The standard InChI is InChI=1S/C18H22N2O3S/c1-3-4-14-20(2)24(22,23)17-12-10-15(11-13-17)18(21)19-16-8-6-5-7-9-16/h5-13H,3-4,14H2,1-2H3,(H,19,21). The SMILES string of the molecule is CCCCN(C)S(=O)(=O)c1ccc(C(=O)Nc2ccccc2)cc1. The predicted molar refractivity (Wildman–Crippen MR) is 95.6 cm³/mol. The van der Waals surface area contributed by atoms with Gasteiger partial charge >= 0.3 is 0 Å². The van der Waals surface area contributed by atoms with Crippen LogP contribution >= 0.6 is 0 Å². The summed E-state index contributed by atoms with van der Waals surface area (Å²) in [7, 11) is -1.94. The molecule has 2 aromatic carbocycles. The van der Waals surface area contributed by atoms with Crippen LogP contribution in [0.15, 0.2) is 59.5 Å². The summed E-state index contributed by atoms with van der Waals surface area (Å²) in [5, 5.41) is 2.77. The summed E-state index contributed by atoms with van der Waals surface area (Å²) < 4.78 is 26.2. The lowest BCUT2D eigenvalue weighted by Crippen LogP contribution is -2.28. The van der Waals surface area contributed by atoms with E-state index in [4.69, 9.17) is 0 Å². The molecule has 0 heterocycles. The lowest BCUT2D eigenvalue weighted by atomic mass is 10.2. The highest BCUT2D eigenvalue weighted by molar-refractivity contribution is 7.89. The summed E-state index contributed by atoms with van der Waals surface area (Å²) in [6.07, 6.45) is 1.74. The van der Waals surface area contributed by atoms with Crippen LogP contribution in [0, 0.1) is 0 Å². The van der Waals surface area contributed by atoms with Gasteiger partial charge in [0.05, 0.1) is 4.90 Å². The Labute approximate surface area is 143 Å². The van der Waals surface area contributed by atoms with E-state index in [-0.39, 0.29) is 10.8 Å². The highest BCUT2D eigenvalue weighted by Crippen LogP contribution is 2.17. The minimum absolute atomic E-state index is 0.192. The van der Waals surface area contributed by atoms with Crippen LogP contribution in [-0.4, -0.2) is 32.2 Å². The van der Waals surface area contributed by atoms with Gasteiger partial charge in [-0.05, 0) is 42.8 Å². The van der Waals surface area contributed by atoms with Crippen LogP contribution in [0.25, 0.3) is 0 Å². The first kappa shape index (κ1) is 18.2.